The van der Waals surface area contributed by atoms with Gasteiger partial charge < -0.3 is 19.5 Å². The van der Waals surface area contributed by atoms with Crippen LogP contribution >= 0.6 is 0 Å². The van der Waals surface area contributed by atoms with E-state index >= 15 is 0 Å². The Morgan fingerprint density at radius 1 is 1.41 bits per heavy atom. The summed E-state index contributed by atoms with van der Waals surface area (Å²) >= 11 is 0. The highest BCUT2D eigenvalue weighted by Gasteiger charge is 2.25. The van der Waals surface area contributed by atoms with Crippen LogP contribution in [-0.2, 0) is 16.0 Å². The molecule has 0 saturated heterocycles. The van der Waals surface area contributed by atoms with Gasteiger partial charge in [-0.25, -0.2) is 4.79 Å². The summed E-state index contributed by atoms with van der Waals surface area (Å²) < 4.78 is 5.76. The summed E-state index contributed by atoms with van der Waals surface area (Å²) in [6.45, 7) is 6.47. The Balaban J connectivity index is 3.21. The third kappa shape index (κ3) is 4.48. The molecule has 1 N–H and O–H groups in total. The molecule has 0 radical (unpaired) electrons. The van der Waals surface area contributed by atoms with Crippen molar-refractivity contribution in [3.05, 3.63) is 23.8 Å². The zero-order chi connectivity index (χ0) is 16.7. The van der Waals surface area contributed by atoms with Crippen LogP contribution in [0.15, 0.2) is 18.2 Å². The van der Waals surface area contributed by atoms with Crippen LogP contribution in [-0.4, -0.2) is 37.1 Å². The van der Waals surface area contributed by atoms with Crippen molar-refractivity contribution in [1.29, 1.82) is 0 Å². The van der Waals surface area contributed by atoms with Crippen molar-refractivity contribution in [2.45, 2.75) is 39.7 Å². The highest BCUT2D eigenvalue weighted by atomic mass is 16.5. The molecule has 0 heterocycles. The number of aliphatic carboxylic acids is 1. The maximum atomic E-state index is 11.4. The number of carbonyl (C=O) groups excluding carboxylic acids is 1. The van der Waals surface area contributed by atoms with Crippen LogP contribution in [0.3, 0.4) is 0 Å². The molecular formula is C17H25NO4. The number of hydrogen-bond donors (Lipinski definition) is 1. The molecule has 0 aliphatic heterocycles. The molecule has 1 atom stereocenters. The summed E-state index contributed by atoms with van der Waals surface area (Å²) in [6, 6.07) is 5.58. The smallest absolute Gasteiger partial charge is 0.345 e. The largest absolute Gasteiger partial charge is 0.478 e. The van der Waals surface area contributed by atoms with E-state index in [-0.39, 0.29) is 5.92 Å². The van der Waals surface area contributed by atoms with E-state index in [0.29, 0.717) is 18.6 Å². The molecule has 1 aromatic rings. The zero-order valence-corrected chi connectivity index (χ0v) is 13.7. The SMILES string of the molecule is CCN(C)c1cccc(OC(C(=O)O)C(C)C)c1CCC=O. The van der Waals surface area contributed by atoms with Gasteiger partial charge in [0.25, 0.3) is 0 Å². The van der Waals surface area contributed by atoms with E-state index in [1.165, 1.54) is 0 Å². The zero-order valence-electron chi connectivity index (χ0n) is 13.7. The second kappa shape index (κ2) is 8.41. The number of anilines is 1. The minimum Gasteiger partial charge on any atom is -0.478 e. The van der Waals surface area contributed by atoms with Gasteiger partial charge in [0, 0.05) is 37.2 Å². The Labute approximate surface area is 131 Å². The summed E-state index contributed by atoms with van der Waals surface area (Å²) in [7, 11) is 1.96. The van der Waals surface area contributed by atoms with Crippen LogP contribution < -0.4 is 9.64 Å². The van der Waals surface area contributed by atoms with Gasteiger partial charge in [-0.2, -0.15) is 0 Å². The van der Waals surface area contributed by atoms with Crippen LogP contribution in [0.5, 0.6) is 5.75 Å². The molecule has 1 unspecified atom stereocenters. The Bertz CT molecular complexity index is 513. The van der Waals surface area contributed by atoms with Crippen LogP contribution in [0, 0.1) is 5.92 Å². The summed E-state index contributed by atoms with van der Waals surface area (Å²) in [5.41, 5.74) is 1.85. The molecule has 1 rings (SSSR count). The lowest BCUT2D eigenvalue weighted by atomic mass is 10.0. The molecule has 0 bridgehead atoms. The van der Waals surface area contributed by atoms with Crippen LogP contribution in [0.2, 0.25) is 0 Å². The van der Waals surface area contributed by atoms with Crippen LogP contribution in [0.1, 0.15) is 32.8 Å². The van der Waals surface area contributed by atoms with Crippen molar-refractivity contribution in [3.8, 4) is 5.75 Å². The number of carboxylic acid groups (broad SMARTS) is 1. The highest BCUT2D eigenvalue weighted by molar-refractivity contribution is 5.73. The number of hydrogen-bond acceptors (Lipinski definition) is 4. The number of carbonyl (C=O) groups is 2. The number of aldehydes is 1. The molecule has 0 saturated carbocycles. The fraction of sp³-hybridized carbons (Fsp3) is 0.529. The van der Waals surface area contributed by atoms with E-state index in [9.17, 15) is 14.7 Å². The van der Waals surface area contributed by atoms with E-state index in [1.807, 2.05) is 40.0 Å². The molecule has 0 spiro atoms. The van der Waals surface area contributed by atoms with Crippen molar-refractivity contribution >= 4 is 17.9 Å². The molecule has 5 nitrogen and oxygen atoms in total. The number of ether oxygens (including phenoxy) is 1. The van der Waals surface area contributed by atoms with E-state index in [2.05, 4.69) is 4.90 Å². The van der Waals surface area contributed by atoms with Gasteiger partial charge in [0.05, 0.1) is 0 Å². The van der Waals surface area contributed by atoms with Crippen LogP contribution in [0.25, 0.3) is 0 Å². The number of rotatable bonds is 9. The predicted molar refractivity (Wildman–Crippen MR) is 86.7 cm³/mol. The lowest BCUT2D eigenvalue weighted by molar-refractivity contribution is -0.147. The van der Waals surface area contributed by atoms with Crippen molar-refractivity contribution in [3.63, 3.8) is 0 Å². The first-order chi connectivity index (χ1) is 10.4. The first kappa shape index (κ1) is 18.0. The fourth-order valence-corrected chi connectivity index (χ4v) is 2.26. The molecule has 122 valence electrons. The molecule has 5 heteroatoms. The maximum Gasteiger partial charge on any atom is 0.345 e. The average Bonchev–Trinajstić information content (AvgIpc) is 2.49. The Morgan fingerprint density at radius 3 is 2.59 bits per heavy atom. The normalized spacial score (nSPS) is 12.0. The molecule has 0 fully saturated rings. The number of carboxylic acids is 1. The molecule has 0 amide bonds. The van der Waals surface area contributed by atoms with Gasteiger partial charge in [0.15, 0.2) is 6.10 Å². The van der Waals surface area contributed by atoms with Gasteiger partial charge in [0.2, 0.25) is 0 Å². The quantitative estimate of drug-likeness (QED) is 0.711. The van der Waals surface area contributed by atoms with Crippen LogP contribution in [0.4, 0.5) is 5.69 Å². The molecule has 0 aliphatic rings. The average molecular weight is 307 g/mol. The standard InChI is InChI=1S/C17H25NO4/c1-5-18(4)14-9-6-10-15(13(14)8-7-11-19)22-16(12(2)3)17(20)21/h6,9-12,16H,5,7-8H2,1-4H3,(H,20,21). The van der Waals surface area contributed by atoms with Gasteiger partial charge in [-0.3, -0.25) is 0 Å². The fourth-order valence-electron chi connectivity index (χ4n) is 2.26. The first-order valence-corrected chi connectivity index (χ1v) is 7.58. The number of benzene rings is 1. The monoisotopic (exact) mass is 307 g/mol. The third-order valence-electron chi connectivity index (χ3n) is 3.61. The summed E-state index contributed by atoms with van der Waals surface area (Å²) in [6.07, 6.45) is 0.870. The second-order valence-corrected chi connectivity index (χ2v) is 5.59. The van der Waals surface area contributed by atoms with Gasteiger partial charge in [-0.15, -0.1) is 0 Å². The molecule has 0 aliphatic carbocycles. The van der Waals surface area contributed by atoms with Gasteiger partial charge >= 0.3 is 5.97 Å². The lowest BCUT2D eigenvalue weighted by Gasteiger charge is -2.25. The lowest BCUT2D eigenvalue weighted by Crippen LogP contribution is -2.32. The summed E-state index contributed by atoms with van der Waals surface area (Å²) in [5.74, 6) is -0.588. The number of nitrogens with zero attached hydrogens (tertiary/aromatic N) is 1. The minimum atomic E-state index is -0.981. The van der Waals surface area contributed by atoms with Gasteiger partial charge in [-0.05, 0) is 25.5 Å². The van der Waals surface area contributed by atoms with Crippen molar-refractivity contribution in [2.24, 2.45) is 5.92 Å². The highest BCUT2D eigenvalue weighted by Crippen LogP contribution is 2.31. The van der Waals surface area contributed by atoms with Gasteiger partial charge in [0.1, 0.15) is 12.0 Å². The summed E-state index contributed by atoms with van der Waals surface area (Å²) in [4.78, 5) is 24.1. The molecule has 1 aromatic carbocycles. The third-order valence-corrected chi connectivity index (χ3v) is 3.61. The van der Waals surface area contributed by atoms with E-state index in [1.54, 1.807) is 6.07 Å². The second-order valence-electron chi connectivity index (χ2n) is 5.59. The predicted octanol–water partition coefficient (Wildman–Crippen LogP) is 2.76. The first-order valence-electron chi connectivity index (χ1n) is 7.58. The van der Waals surface area contributed by atoms with Gasteiger partial charge in [-0.1, -0.05) is 19.9 Å². The van der Waals surface area contributed by atoms with Crippen molar-refractivity contribution in [2.75, 3.05) is 18.5 Å². The Hall–Kier alpha value is -2.04. The Kier molecular flexibility index (Phi) is 6.89. The Morgan fingerprint density at radius 2 is 2.09 bits per heavy atom. The van der Waals surface area contributed by atoms with E-state index < -0.39 is 12.1 Å². The molecular weight excluding hydrogens is 282 g/mol. The summed E-state index contributed by atoms with van der Waals surface area (Å²) in [5, 5.41) is 9.31. The molecule has 0 aromatic heterocycles. The molecule has 22 heavy (non-hydrogen) atoms. The van der Waals surface area contributed by atoms with E-state index in [4.69, 9.17) is 4.74 Å². The van der Waals surface area contributed by atoms with Crippen molar-refractivity contribution in [1.82, 2.24) is 0 Å². The van der Waals surface area contributed by atoms with Crippen molar-refractivity contribution < 1.29 is 19.4 Å². The maximum absolute atomic E-state index is 11.4. The minimum absolute atomic E-state index is 0.149. The van der Waals surface area contributed by atoms with E-state index in [0.717, 1.165) is 24.1 Å². The topological polar surface area (TPSA) is 66.8 Å².